The van der Waals surface area contributed by atoms with E-state index in [1.165, 1.54) is 6.07 Å². The number of benzene rings is 1. The summed E-state index contributed by atoms with van der Waals surface area (Å²) in [6, 6.07) is 4.64. The molecular weight excluding hydrogens is 332 g/mol. The SMILES string of the molecule is CC1(NS(=O)(=O)c2ccc(N)cc2Br)CCCOC1. The summed E-state index contributed by atoms with van der Waals surface area (Å²) in [7, 11) is -3.60. The van der Waals surface area contributed by atoms with E-state index >= 15 is 0 Å². The zero-order chi connectivity index (χ0) is 14.1. The quantitative estimate of drug-likeness (QED) is 0.817. The van der Waals surface area contributed by atoms with E-state index in [0.29, 0.717) is 23.4 Å². The highest BCUT2D eigenvalue weighted by Gasteiger charge is 2.33. The summed E-state index contributed by atoms with van der Waals surface area (Å²) in [6.07, 6.45) is 1.61. The van der Waals surface area contributed by atoms with Crippen molar-refractivity contribution in [3.8, 4) is 0 Å². The molecule has 0 aromatic heterocycles. The third-order valence-corrected chi connectivity index (χ3v) is 5.68. The number of rotatable bonds is 3. The van der Waals surface area contributed by atoms with Crippen LogP contribution in [-0.2, 0) is 14.8 Å². The smallest absolute Gasteiger partial charge is 0.242 e. The van der Waals surface area contributed by atoms with E-state index in [0.717, 1.165) is 12.8 Å². The van der Waals surface area contributed by atoms with Gasteiger partial charge >= 0.3 is 0 Å². The van der Waals surface area contributed by atoms with Gasteiger partial charge in [0.1, 0.15) is 0 Å². The number of nitrogen functional groups attached to an aromatic ring is 1. The molecule has 1 atom stereocenters. The van der Waals surface area contributed by atoms with E-state index in [4.69, 9.17) is 10.5 Å². The van der Waals surface area contributed by atoms with Crippen LogP contribution in [-0.4, -0.2) is 27.2 Å². The van der Waals surface area contributed by atoms with Crippen LogP contribution in [0.2, 0.25) is 0 Å². The molecule has 1 aliphatic heterocycles. The lowest BCUT2D eigenvalue weighted by Gasteiger charge is -2.33. The maximum atomic E-state index is 12.4. The molecule has 0 aliphatic carbocycles. The van der Waals surface area contributed by atoms with Gasteiger partial charge in [-0.05, 0) is 53.9 Å². The number of hydrogen-bond acceptors (Lipinski definition) is 4. The number of hydrogen-bond donors (Lipinski definition) is 2. The van der Waals surface area contributed by atoms with Gasteiger partial charge in [0.25, 0.3) is 0 Å². The number of halogens is 1. The van der Waals surface area contributed by atoms with Gasteiger partial charge in [0.15, 0.2) is 0 Å². The average molecular weight is 349 g/mol. The first-order chi connectivity index (χ1) is 8.82. The van der Waals surface area contributed by atoms with Gasteiger partial charge in [-0.25, -0.2) is 13.1 Å². The summed E-state index contributed by atoms with van der Waals surface area (Å²) >= 11 is 3.23. The molecule has 1 aliphatic rings. The van der Waals surface area contributed by atoms with E-state index in [2.05, 4.69) is 20.7 Å². The van der Waals surface area contributed by atoms with Crippen LogP contribution in [0.15, 0.2) is 27.6 Å². The standard InChI is InChI=1S/C12H17BrN2O3S/c1-12(5-2-6-18-8-12)15-19(16,17)11-4-3-9(14)7-10(11)13/h3-4,7,15H,2,5-6,8,14H2,1H3. The molecule has 3 N–H and O–H groups in total. The molecule has 0 amide bonds. The van der Waals surface area contributed by atoms with Crippen LogP contribution in [0.1, 0.15) is 19.8 Å². The van der Waals surface area contributed by atoms with E-state index < -0.39 is 15.6 Å². The van der Waals surface area contributed by atoms with Crippen molar-refractivity contribution < 1.29 is 13.2 Å². The molecule has 1 unspecified atom stereocenters. The molecule has 0 saturated carbocycles. The van der Waals surface area contributed by atoms with Crippen LogP contribution in [0, 0.1) is 0 Å². The second-order valence-corrected chi connectivity index (χ2v) is 7.52. The maximum Gasteiger partial charge on any atom is 0.242 e. The van der Waals surface area contributed by atoms with Gasteiger partial charge in [0.05, 0.1) is 17.0 Å². The van der Waals surface area contributed by atoms with Crippen LogP contribution in [0.5, 0.6) is 0 Å². The minimum atomic E-state index is -3.60. The fourth-order valence-corrected chi connectivity index (χ4v) is 4.65. The van der Waals surface area contributed by atoms with E-state index in [9.17, 15) is 8.42 Å². The van der Waals surface area contributed by atoms with Gasteiger partial charge in [-0.2, -0.15) is 0 Å². The maximum absolute atomic E-state index is 12.4. The van der Waals surface area contributed by atoms with Crippen molar-refractivity contribution in [2.24, 2.45) is 0 Å². The third kappa shape index (κ3) is 3.47. The Balaban J connectivity index is 2.27. The second-order valence-electron chi connectivity index (χ2n) is 5.01. The Morgan fingerprint density at radius 1 is 1.47 bits per heavy atom. The Morgan fingerprint density at radius 2 is 2.21 bits per heavy atom. The number of nitrogens with two attached hydrogens (primary N) is 1. The molecule has 5 nitrogen and oxygen atoms in total. The van der Waals surface area contributed by atoms with Crippen LogP contribution in [0.25, 0.3) is 0 Å². The van der Waals surface area contributed by atoms with Crippen LogP contribution >= 0.6 is 15.9 Å². The lowest BCUT2D eigenvalue weighted by Crippen LogP contribution is -2.51. The fourth-order valence-electron chi connectivity index (χ4n) is 2.13. The van der Waals surface area contributed by atoms with Crippen molar-refractivity contribution in [2.75, 3.05) is 18.9 Å². The normalized spacial score (nSPS) is 24.3. The highest BCUT2D eigenvalue weighted by molar-refractivity contribution is 9.10. The lowest BCUT2D eigenvalue weighted by molar-refractivity contribution is 0.0386. The Labute approximate surface area is 121 Å². The Morgan fingerprint density at radius 3 is 2.79 bits per heavy atom. The average Bonchev–Trinajstić information content (AvgIpc) is 2.27. The monoisotopic (exact) mass is 348 g/mol. The zero-order valence-corrected chi connectivity index (χ0v) is 13.1. The number of anilines is 1. The van der Waals surface area contributed by atoms with E-state index in [1.807, 2.05) is 6.92 Å². The molecule has 2 rings (SSSR count). The minimum Gasteiger partial charge on any atom is -0.399 e. The van der Waals surface area contributed by atoms with Gasteiger partial charge < -0.3 is 10.5 Å². The van der Waals surface area contributed by atoms with Crippen molar-refractivity contribution in [1.29, 1.82) is 0 Å². The first-order valence-corrected chi connectivity index (χ1v) is 8.27. The summed E-state index contributed by atoms with van der Waals surface area (Å²) in [6.45, 7) is 2.93. The molecule has 1 aromatic carbocycles. The van der Waals surface area contributed by atoms with Gasteiger partial charge in [-0.3, -0.25) is 0 Å². The Hall–Kier alpha value is -0.630. The molecule has 0 spiro atoms. The van der Waals surface area contributed by atoms with Gasteiger partial charge in [0.2, 0.25) is 10.0 Å². The molecule has 1 fully saturated rings. The van der Waals surface area contributed by atoms with Gasteiger partial charge in [-0.15, -0.1) is 0 Å². The highest BCUT2D eigenvalue weighted by Crippen LogP contribution is 2.27. The van der Waals surface area contributed by atoms with Crippen LogP contribution in [0.4, 0.5) is 5.69 Å². The van der Waals surface area contributed by atoms with Crippen LogP contribution < -0.4 is 10.5 Å². The number of sulfonamides is 1. The van der Waals surface area contributed by atoms with Gasteiger partial charge in [-0.1, -0.05) is 0 Å². The summed E-state index contributed by atoms with van der Waals surface area (Å²) in [4.78, 5) is 0.188. The Kier molecular flexibility index (Phi) is 4.20. The summed E-state index contributed by atoms with van der Waals surface area (Å²) in [5.74, 6) is 0. The van der Waals surface area contributed by atoms with E-state index in [1.54, 1.807) is 12.1 Å². The topological polar surface area (TPSA) is 81.4 Å². The van der Waals surface area contributed by atoms with Crippen molar-refractivity contribution in [3.63, 3.8) is 0 Å². The molecular formula is C12H17BrN2O3S. The highest BCUT2D eigenvalue weighted by atomic mass is 79.9. The summed E-state index contributed by atoms with van der Waals surface area (Å²) in [5.41, 5.74) is 5.57. The van der Waals surface area contributed by atoms with E-state index in [-0.39, 0.29) is 4.90 Å². The first kappa shape index (κ1) is 14.8. The zero-order valence-electron chi connectivity index (χ0n) is 10.6. The fraction of sp³-hybridized carbons (Fsp3) is 0.500. The molecule has 0 radical (unpaired) electrons. The van der Waals surface area contributed by atoms with Gasteiger partial charge in [0, 0.05) is 16.8 Å². The lowest BCUT2D eigenvalue weighted by atomic mass is 9.97. The second kappa shape index (κ2) is 5.40. The third-order valence-electron chi connectivity index (χ3n) is 3.06. The minimum absolute atomic E-state index is 0.188. The number of nitrogens with one attached hydrogen (secondary N) is 1. The van der Waals surface area contributed by atoms with Crippen molar-refractivity contribution in [2.45, 2.75) is 30.2 Å². The largest absolute Gasteiger partial charge is 0.399 e. The summed E-state index contributed by atoms with van der Waals surface area (Å²) in [5, 5.41) is 0. The molecule has 1 aromatic rings. The van der Waals surface area contributed by atoms with Crippen LogP contribution in [0.3, 0.4) is 0 Å². The molecule has 106 valence electrons. The molecule has 0 bridgehead atoms. The molecule has 1 heterocycles. The van der Waals surface area contributed by atoms with Crippen molar-refractivity contribution >= 4 is 31.6 Å². The number of ether oxygens (including phenoxy) is 1. The Bertz CT molecular complexity index is 568. The summed E-state index contributed by atoms with van der Waals surface area (Å²) < 4.78 is 33.3. The predicted octanol–water partition coefficient (Wildman–Crippen LogP) is 1.88. The predicted molar refractivity (Wildman–Crippen MR) is 77.3 cm³/mol. The first-order valence-electron chi connectivity index (χ1n) is 5.99. The van der Waals surface area contributed by atoms with Crippen molar-refractivity contribution in [3.05, 3.63) is 22.7 Å². The molecule has 19 heavy (non-hydrogen) atoms. The van der Waals surface area contributed by atoms with Crippen molar-refractivity contribution in [1.82, 2.24) is 4.72 Å². The molecule has 1 saturated heterocycles. The molecule has 7 heteroatoms.